The minimum Gasteiger partial charge on any atom is -0.314 e. The summed E-state index contributed by atoms with van der Waals surface area (Å²) in [6, 6.07) is 6.54. The molecule has 1 fully saturated rings. The van der Waals surface area contributed by atoms with Crippen molar-refractivity contribution in [3.63, 3.8) is 0 Å². The molecule has 0 saturated carbocycles. The molecule has 0 aromatic heterocycles. The van der Waals surface area contributed by atoms with Gasteiger partial charge in [-0.2, -0.15) is 13.2 Å². The van der Waals surface area contributed by atoms with E-state index in [2.05, 4.69) is 21.2 Å². The topological polar surface area (TPSA) is 15.3 Å². The van der Waals surface area contributed by atoms with Crippen LogP contribution in [0.2, 0.25) is 0 Å². The van der Waals surface area contributed by atoms with Crippen LogP contribution in [0.25, 0.3) is 0 Å². The summed E-state index contributed by atoms with van der Waals surface area (Å²) in [6.07, 6.45) is -4.97. The fourth-order valence-corrected chi connectivity index (χ4v) is 2.94. The molecular formula is C13H18BrCl2F3N2. The first kappa shape index (κ1) is 21.0. The number of alkyl halides is 3. The molecular weight excluding hydrogens is 392 g/mol. The van der Waals surface area contributed by atoms with Gasteiger partial charge in [-0.3, -0.25) is 4.90 Å². The van der Waals surface area contributed by atoms with E-state index in [4.69, 9.17) is 0 Å². The van der Waals surface area contributed by atoms with Crippen LogP contribution in [0.3, 0.4) is 0 Å². The third-order valence-electron chi connectivity index (χ3n) is 3.28. The first-order valence-corrected chi connectivity index (χ1v) is 7.02. The third-order valence-corrected chi connectivity index (χ3v) is 4.00. The quantitative estimate of drug-likeness (QED) is 0.805. The monoisotopic (exact) mass is 408 g/mol. The Balaban J connectivity index is 0.00000200. The molecule has 1 aliphatic rings. The van der Waals surface area contributed by atoms with Crippen LogP contribution in [0, 0.1) is 0 Å². The molecule has 1 aromatic rings. The number of nitrogens with one attached hydrogen (secondary N) is 1. The number of rotatable bonds is 3. The van der Waals surface area contributed by atoms with E-state index < -0.39 is 18.6 Å². The largest absolute Gasteiger partial charge is 0.390 e. The van der Waals surface area contributed by atoms with Crippen LogP contribution < -0.4 is 5.32 Å². The molecule has 1 aromatic carbocycles. The molecule has 1 atom stereocenters. The fraction of sp³-hybridized carbons (Fsp3) is 0.538. The number of halogens is 6. The van der Waals surface area contributed by atoms with Gasteiger partial charge in [-0.25, -0.2) is 0 Å². The highest BCUT2D eigenvalue weighted by Gasteiger charge is 2.36. The van der Waals surface area contributed by atoms with E-state index in [0.29, 0.717) is 18.7 Å². The van der Waals surface area contributed by atoms with Crippen molar-refractivity contribution in [3.8, 4) is 0 Å². The van der Waals surface area contributed by atoms with Crippen molar-refractivity contribution in [2.24, 2.45) is 0 Å². The summed E-state index contributed by atoms with van der Waals surface area (Å²) in [5, 5.41) is 3.16. The van der Waals surface area contributed by atoms with Gasteiger partial charge in [0.05, 0.1) is 6.42 Å². The fourth-order valence-electron chi connectivity index (χ4n) is 2.39. The van der Waals surface area contributed by atoms with Gasteiger partial charge in [0.2, 0.25) is 0 Å². The van der Waals surface area contributed by atoms with Gasteiger partial charge in [0.15, 0.2) is 0 Å². The molecule has 8 heteroatoms. The van der Waals surface area contributed by atoms with Gasteiger partial charge in [0.25, 0.3) is 0 Å². The number of hydrogen-bond acceptors (Lipinski definition) is 2. The maximum atomic E-state index is 12.8. The molecule has 0 unspecified atom stereocenters. The Morgan fingerprint density at radius 2 is 1.71 bits per heavy atom. The molecule has 0 spiro atoms. The Kier molecular flexibility index (Phi) is 9.20. The normalized spacial score (nSPS) is 17.5. The maximum Gasteiger partial charge on any atom is 0.390 e. The Labute approximate surface area is 143 Å². The highest BCUT2D eigenvalue weighted by Crippen LogP contribution is 2.36. The average Bonchev–Trinajstić information content (AvgIpc) is 2.37. The summed E-state index contributed by atoms with van der Waals surface area (Å²) < 4.78 is 39.2. The molecule has 1 aliphatic heterocycles. The minimum absolute atomic E-state index is 0. The van der Waals surface area contributed by atoms with E-state index in [-0.39, 0.29) is 24.8 Å². The molecule has 1 saturated heterocycles. The van der Waals surface area contributed by atoms with Crippen LogP contribution in [-0.2, 0) is 0 Å². The van der Waals surface area contributed by atoms with Gasteiger partial charge in [-0.15, -0.1) is 24.8 Å². The number of benzene rings is 1. The van der Waals surface area contributed by atoms with E-state index in [1.54, 1.807) is 18.2 Å². The second-order valence-electron chi connectivity index (χ2n) is 4.64. The van der Waals surface area contributed by atoms with Crippen molar-refractivity contribution >= 4 is 40.7 Å². The summed E-state index contributed by atoms with van der Waals surface area (Å²) in [4.78, 5) is 1.91. The second kappa shape index (κ2) is 9.20. The number of hydrogen-bond donors (Lipinski definition) is 1. The van der Waals surface area contributed by atoms with Gasteiger partial charge < -0.3 is 5.32 Å². The van der Waals surface area contributed by atoms with Crippen LogP contribution in [-0.4, -0.2) is 37.3 Å². The zero-order valence-corrected chi connectivity index (χ0v) is 14.4. The number of nitrogens with zero attached hydrogens (tertiary/aromatic N) is 1. The Hall–Kier alpha value is -0.0100. The van der Waals surface area contributed by atoms with Gasteiger partial charge >= 0.3 is 6.18 Å². The van der Waals surface area contributed by atoms with E-state index in [0.717, 1.165) is 17.6 Å². The smallest absolute Gasteiger partial charge is 0.314 e. The Bertz CT molecular complexity index is 426. The molecule has 0 radical (unpaired) electrons. The Morgan fingerprint density at radius 1 is 1.14 bits per heavy atom. The lowest BCUT2D eigenvalue weighted by Crippen LogP contribution is -2.46. The number of piperazine rings is 1. The lowest BCUT2D eigenvalue weighted by atomic mass is 10.0. The van der Waals surface area contributed by atoms with Crippen molar-refractivity contribution in [2.75, 3.05) is 26.2 Å². The minimum atomic E-state index is -4.16. The lowest BCUT2D eigenvalue weighted by molar-refractivity contribution is -0.148. The first-order chi connectivity index (χ1) is 8.97. The van der Waals surface area contributed by atoms with Crippen molar-refractivity contribution in [3.05, 3.63) is 34.3 Å². The molecule has 122 valence electrons. The van der Waals surface area contributed by atoms with Gasteiger partial charge in [-0.1, -0.05) is 34.1 Å². The molecule has 0 amide bonds. The van der Waals surface area contributed by atoms with Crippen molar-refractivity contribution in [1.29, 1.82) is 0 Å². The second-order valence-corrected chi connectivity index (χ2v) is 5.50. The molecule has 1 heterocycles. The highest BCUT2D eigenvalue weighted by molar-refractivity contribution is 9.10. The van der Waals surface area contributed by atoms with E-state index >= 15 is 0 Å². The summed E-state index contributed by atoms with van der Waals surface area (Å²) in [7, 11) is 0. The van der Waals surface area contributed by atoms with Crippen molar-refractivity contribution in [1.82, 2.24) is 10.2 Å². The SMILES string of the molecule is Cl.Cl.FC(F)(F)C[C@@H](c1ccccc1Br)N1CCNCC1. The van der Waals surface area contributed by atoms with E-state index in [1.165, 1.54) is 0 Å². The van der Waals surface area contributed by atoms with Gasteiger partial charge in [0, 0.05) is 36.7 Å². The predicted octanol–water partition coefficient (Wildman–Crippen LogP) is 4.19. The zero-order chi connectivity index (χ0) is 13.9. The van der Waals surface area contributed by atoms with Crippen LogP contribution in [0.5, 0.6) is 0 Å². The van der Waals surface area contributed by atoms with Crippen LogP contribution in [0.1, 0.15) is 18.0 Å². The van der Waals surface area contributed by atoms with Crippen LogP contribution in [0.4, 0.5) is 13.2 Å². The molecule has 1 N–H and O–H groups in total. The summed E-state index contributed by atoms with van der Waals surface area (Å²) in [5.41, 5.74) is 0.710. The Morgan fingerprint density at radius 3 is 2.24 bits per heavy atom. The zero-order valence-electron chi connectivity index (χ0n) is 11.2. The lowest BCUT2D eigenvalue weighted by Gasteiger charge is -2.36. The van der Waals surface area contributed by atoms with E-state index in [9.17, 15) is 13.2 Å². The maximum absolute atomic E-state index is 12.8. The molecule has 2 nitrogen and oxygen atoms in total. The molecule has 21 heavy (non-hydrogen) atoms. The van der Waals surface area contributed by atoms with Gasteiger partial charge in [-0.05, 0) is 11.6 Å². The standard InChI is InChI=1S/C13H16BrF3N2.2ClH/c14-11-4-2-1-3-10(11)12(9-13(15,16)17)19-7-5-18-6-8-19;;/h1-4,12,18H,5-9H2;2*1H/t12-;;/m0../s1. The average molecular weight is 410 g/mol. The molecule has 2 rings (SSSR count). The van der Waals surface area contributed by atoms with E-state index in [1.807, 2.05) is 11.0 Å². The van der Waals surface area contributed by atoms with Crippen LogP contribution >= 0.6 is 40.7 Å². The third kappa shape index (κ3) is 6.32. The highest BCUT2D eigenvalue weighted by atomic mass is 79.9. The molecule has 0 aliphatic carbocycles. The van der Waals surface area contributed by atoms with Crippen molar-refractivity contribution < 1.29 is 13.2 Å². The van der Waals surface area contributed by atoms with Gasteiger partial charge in [0.1, 0.15) is 0 Å². The van der Waals surface area contributed by atoms with Crippen LogP contribution in [0.15, 0.2) is 28.7 Å². The summed E-state index contributed by atoms with van der Waals surface area (Å²) in [5.74, 6) is 0. The predicted molar refractivity (Wildman–Crippen MR) is 86.5 cm³/mol. The molecule has 0 bridgehead atoms. The first-order valence-electron chi connectivity index (χ1n) is 6.23. The van der Waals surface area contributed by atoms with Crippen molar-refractivity contribution in [2.45, 2.75) is 18.6 Å². The summed E-state index contributed by atoms with van der Waals surface area (Å²) in [6.45, 7) is 2.75. The summed E-state index contributed by atoms with van der Waals surface area (Å²) >= 11 is 3.36.